The molecule has 0 radical (unpaired) electrons. The van der Waals surface area contributed by atoms with Crippen LogP contribution >= 0.6 is 11.3 Å². The van der Waals surface area contributed by atoms with E-state index in [1.54, 1.807) is 22.5 Å². The molecular weight excluding hydrogens is 422 g/mol. The van der Waals surface area contributed by atoms with Gasteiger partial charge in [0.2, 0.25) is 10.0 Å². The summed E-state index contributed by atoms with van der Waals surface area (Å²) in [4.78, 5) is 17.8. The summed E-state index contributed by atoms with van der Waals surface area (Å²) in [6.07, 6.45) is 2.86. The fourth-order valence-electron chi connectivity index (χ4n) is 3.81. The monoisotopic (exact) mass is 447 g/mol. The summed E-state index contributed by atoms with van der Waals surface area (Å²) in [5.41, 5.74) is 2.31. The van der Waals surface area contributed by atoms with Crippen LogP contribution < -0.4 is 0 Å². The third kappa shape index (κ3) is 3.89. The number of aryl methyl sites for hydroxylation is 2. The predicted molar refractivity (Wildman–Crippen MR) is 116 cm³/mol. The molecule has 7 nitrogen and oxygen atoms in total. The van der Waals surface area contributed by atoms with Crippen LogP contribution in [0.5, 0.6) is 0 Å². The van der Waals surface area contributed by atoms with Crippen molar-refractivity contribution in [3.8, 4) is 0 Å². The lowest BCUT2D eigenvalue weighted by atomic mass is 10.2. The number of ether oxygens (including phenoxy) is 1. The minimum absolute atomic E-state index is 0.0346. The lowest BCUT2D eigenvalue weighted by Gasteiger charge is -2.25. The molecule has 3 aromatic rings. The highest BCUT2D eigenvalue weighted by molar-refractivity contribution is 7.89. The number of hydrogen-bond acceptors (Lipinski definition) is 6. The molecule has 9 heteroatoms. The third-order valence-corrected chi connectivity index (χ3v) is 8.34. The van der Waals surface area contributed by atoms with Gasteiger partial charge in [0.05, 0.1) is 15.9 Å². The number of benzene rings is 1. The maximum absolute atomic E-state index is 13.0. The number of esters is 1. The van der Waals surface area contributed by atoms with E-state index in [9.17, 15) is 13.2 Å². The van der Waals surface area contributed by atoms with Gasteiger partial charge in [0.25, 0.3) is 0 Å². The van der Waals surface area contributed by atoms with E-state index in [2.05, 4.69) is 4.98 Å². The molecule has 1 aromatic carbocycles. The van der Waals surface area contributed by atoms with Crippen LogP contribution in [-0.2, 0) is 27.9 Å². The topological polar surface area (TPSA) is 81.5 Å². The largest absolute Gasteiger partial charge is 0.453 e. The number of sulfonamides is 1. The van der Waals surface area contributed by atoms with Crippen molar-refractivity contribution in [2.45, 2.75) is 51.2 Å². The first-order valence-electron chi connectivity index (χ1n) is 10.1. The number of thiophene rings is 1. The van der Waals surface area contributed by atoms with Crippen molar-refractivity contribution < 1.29 is 17.9 Å². The average Bonchev–Trinajstić information content (AvgIpc) is 3.34. The van der Waals surface area contributed by atoms with Gasteiger partial charge in [0, 0.05) is 19.6 Å². The molecule has 1 aliphatic heterocycles. The number of imidazole rings is 1. The molecule has 30 heavy (non-hydrogen) atoms. The first kappa shape index (κ1) is 21.0. The molecule has 1 fully saturated rings. The molecule has 0 unspecified atom stereocenters. The van der Waals surface area contributed by atoms with Crippen LogP contribution in [0.2, 0.25) is 0 Å². The second kappa shape index (κ2) is 8.49. The molecule has 0 spiro atoms. The van der Waals surface area contributed by atoms with Gasteiger partial charge in [-0.1, -0.05) is 6.42 Å². The Morgan fingerprint density at radius 1 is 1.20 bits per heavy atom. The summed E-state index contributed by atoms with van der Waals surface area (Å²) in [5, 5.41) is 1.86. The van der Waals surface area contributed by atoms with Crippen molar-refractivity contribution in [1.82, 2.24) is 13.9 Å². The number of carbonyl (C=O) groups is 1. The first-order valence-corrected chi connectivity index (χ1v) is 12.4. The molecule has 0 bridgehead atoms. The first-order chi connectivity index (χ1) is 14.4. The van der Waals surface area contributed by atoms with Crippen LogP contribution in [0, 0.1) is 6.92 Å². The maximum atomic E-state index is 13.0. The van der Waals surface area contributed by atoms with Gasteiger partial charge in [-0.3, -0.25) is 0 Å². The number of fused-ring (bicyclic) bond motifs is 1. The van der Waals surface area contributed by atoms with E-state index in [4.69, 9.17) is 4.74 Å². The minimum Gasteiger partial charge on any atom is -0.453 e. The Bertz CT molecular complexity index is 1170. The second-order valence-electron chi connectivity index (χ2n) is 7.40. The van der Waals surface area contributed by atoms with Crippen molar-refractivity contribution in [2.24, 2.45) is 0 Å². The molecule has 160 valence electrons. The van der Waals surface area contributed by atoms with Crippen molar-refractivity contribution in [3.05, 3.63) is 45.9 Å². The highest BCUT2D eigenvalue weighted by Gasteiger charge is 2.26. The molecule has 1 aliphatic rings. The fraction of sp³-hybridized carbons (Fsp3) is 0.429. The van der Waals surface area contributed by atoms with Gasteiger partial charge in [-0.25, -0.2) is 18.2 Å². The Morgan fingerprint density at radius 2 is 1.97 bits per heavy atom. The molecule has 2 aromatic heterocycles. The summed E-state index contributed by atoms with van der Waals surface area (Å²) in [7, 11) is -3.52. The Hall–Kier alpha value is -2.23. The van der Waals surface area contributed by atoms with Crippen LogP contribution in [0.3, 0.4) is 0 Å². The van der Waals surface area contributed by atoms with Gasteiger partial charge in [-0.15, -0.1) is 11.3 Å². The predicted octanol–water partition coefficient (Wildman–Crippen LogP) is 3.96. The van der Waals surface area contributed by atoms with E-state index < -0.39 is 10.0 Å². The van der Waals surface area contributed by atoms with Crippen LogP contribution in [-0.4, -0.2) is 41.3 Å². The number of nitrogens with zero attached hydrogens (tertiary/aromatic N) is 3. The summed E-state index contributed by atoms with van der Waals surface area (Å²) >= 11 is 1.35. The quantitative estimate of drug-likeness (QED) is 0.534. The normalized spacial score (nSPS) is 15.5. The van der Waals surface area contributed by atoms with Crippen LogP contribution in [0.1, 0.15) is 47.2 Å². The van der Waals surface area contributed by atoms with E-state index in [1.807, 2.05) is 29.9 Å². The molecule has 3 heterocycles. The number of carbonyl (C=O) groups excluding carboxylic acids is 1. The molecular formula is C21H25N3O4S2. The lowest BCUT2D eigenvalue weighted by Crippen LogP contribution is -2.35. The maximum Gasteiger partial charge on any atom is 0.349 e. The number of aromatic nitrogens is 2. The Morgan fingerprint density at radius 3 is 2.63 bits per heavy atom. The SMILES string of the molecule is CCn1c(COC(=O)c2sccc2C)nc2cc(S(=O)(=O)N3CCCCC3)ccc21. The lowest BCUT2D eigenvalue weighted by molar-refractivity contribution is 0.0464. The van der Waals surface area contributed by atoms with Crippen LogP contribution in [0.4, 0.5) is 0 Å². The molecule has 1 saturated heterocycles. The molecule has 0 aliphatic carbocycles. The molecule has 0 atom stereocenters. The number of piperidine rings is 1. The van der Waals surface area contributed by atoms with Crippen molar-refractivity contribution in [2.75, 3.05) is 13.1 Å². The molecule has 0 saturated carbocycles. The van der Waals surface area contributed by atoms with Gasteiger partial charge < -0.3 is 9.30 Å². The van der Waals surface area contributed by atoms with Crippen molar-refractivity contribution in [1.29, 1.82) is 0 Å². The number of hydrogen-bond donors (Lipinski definition) is 0. The summed E-state index contributed by atoms with van der Waals surface area (Å²) in [5.74, 6) is 0.230. The van der Waals surface area contributed by atoms with E-state index in [1.165, 1.54) is 11.3 Å². The zero-order chi connectivity index (χ0) is 21.3. The van der Waals surface area contributed by atoms with Gasteiger partial charge in [0.15, 0.2) is 0 Å². The Labute approximate surface area is 180 Å². The zero-order valence-electron chi connectivity index (χ0n) is 17.1. The molecule has 0 amide bonds. The van der Waals surface area contributed by atoms with E-state index >= 15 is 0 Å². The van der Waals surface area contributed by atoms with E-state index in [0.29, 0.717) is 35.9 Å². The Kier molecular flexibility index (Phi) is 5.95. The standard InChI is InChI=1S/C21H25N3O4S2/c1-3-24-18-8-7-16(30(26,27)23-10-5-4-6-11-23)13-17(18)22-19(24)14-28-21(25)20-15(2)9-12-29-20/h7-9,12-13H,3-6,10-11,14H2,1-2H3. The second-order valence-corrected chi connectivity index (χ2v) is 10.3. The van der Waals surface area contributed by atoms with Crippen molar-refractivity contribution >= 4 is 38.4 Å². The summed E-state index contributed by atoms with van der Waals surface area (Å²) < 4.78 is 35.0. The van der Waals surface area contributed by atoms with Gasteiger partial charge >= 0.3 is 5.97 Å². The van der Waals surface area contributed by atoms with Gasteiger partial charge in [0.1, 0.15) is 17.3 Å². The summed E-state index contributed by atoms with van der Waals surface area (Å²) in [6.45, 7) is 5.65. The Balaban J connectivity index is 1.60. The average molecular weight is 448 g/mol. The highest BCUT2D eigenvalue weighted by Crippen LogP contribution is 2.25. The van der Waals surface area contributed by atoms with Crippen molar-refractivity contribution in [3.63, 3.8) is 0 Å². The smallest absolute Gasteiger partial charge is 0.349 e. The van der Waals surface area contributed by atoms with E-state index in [0.717, 1.165) is 30.3 Å². The minimum atomic E-state index is -3.52. The highest BCUT2D eigenvalue weighted by atomic mass is 32.2. The van der Waals surface area contributed by atoms with Gasteiger partial charge in [-0.05, 0) is 61.9 Å². The van der Waals surface area contributed by atoms with E-state index in [-0.39, 0.29) is 17.5 Å². The zero-order valence-corrected chi connectivity index (χ0v) is 18.8. The molecule has 4 rings (SSSR count). The van der Waals surface area contributed by atoms with Gasteiger partial charge in [-0.2, -0.15) is 4.31 Å². The van der Waals surface area contributed by atoms with Crippen LogP contribution in [0.25, 0.3) is 11.0 Å². The third-order valence-electron chi connectivity index (χ3n) is 5.45. The summed E-state index contributed by atoms with van der Waals surface area (Å²) in [6, 6.07) is 6.94. The fourth-order valence-corrected chi connectivity index (χ4v) is 6.17. The number of rotatable bonds is 6. The molecule has 0 N–H and O–H groups in total. The van der Waals surface area contributed by atoms with Crippen LogP contribution in [0.15, 0.2) is 34.5 Å².